The van der Waals surface area contributed by atoms with E-state index in [0.717, 1.165) is 37.0 Å². The highest BCUT2D eigenvalue weighted by molar-refractivity contribution is 7.28. The van der Waals surface area contributed by atoms with Gasteiger partial charge >= 0.3 is 0 Å². The molecule has 12 atom stereocenters. The Labute approximate surface area is 827 Å². The van der Waals surface area contributed by atoms with Gasteiger partial charge in [0, 0.05) is 0 Å². The highest BCUT2D eigenvalue weighted by Crippen LogP contribution is 2.38. The van der Waals surface area contributed by atoms with Crippen molar-refractivity contribution in [2.24, 2.45) is 0 Å². The van der Waals surface area contributed by atoms with Crippen molar-refractivity contribution in [2.75, 3.05) is 0 Å². The smallest absolute Gasteiger partial charge is 0.0126 e. The van der Waals surface area contributed by atoms with Crippen LogP contribution in [-0.4, -0.2) is 0 Å². The first-order valence-electron chi connectivity index (χ1n) is 45.4. The first-order chi connectivity index (χ1) is 64.8. The molecule has 0 nitrogen and oxygen atoms in total. The van der Waals surface area contributed by atoms with Crippen molar-refractivity contribution >= 4 is 143 Å². The Bertz CT molecular complexity index is 6970. The van der Waals surface area contributed by atoms with E-state index in [1.54, 1.807) is 0 Å². The minimum absolute atomic E-state index is 1.00. The number of rotatable bonds is 18. The molecule has 0 aliphatic heterocycles. The molecule has 0 amide bonds. The fourth-order valence-corrected chi connectivity index (χ4v) is 19.3. The molecule has 18 rings (SSSR count). The van der Waals surface area contributed by atoms with Crippen LogP contribution in [-0.2, 0) is 37.0 Å². The van der Waals surface area contributed by atoms with E-state index in [2.05, 4.69) is 555 Å². The van der Waals surface area contributed by atoms with Crippen LogP contribution in [0.25, 0.3) is 134 Å². The van der Waals surface area contributed by atoms with E-state index in [4.69, 9.17) is 0 Å². The van der Waals surface area contributed by atoms with Gasteiger partial charge in [-0.3, -0.25) is 0 Å². The molecule has 0 spiro atoms. The van der Waals surface area contributed by atoms with Crippen LogP contribution >= 0.6 is 111 Å². The zero-order chi connectivity index (χ0) is 94.9. The molecule has 12 heteroatoms. The molecule has 0 saturated carbocycles. The lowest BCUT2D eigenvalue weighted by Gasteiger charge is -2.11. The average Bonchev–Trinajstić information content (AvgIpc) is 0.827. The lowest BCUT2D eigenvalue weighted by Crippen LogP contribution is -1.95. The zero-order valence-electron chi connectivity index (χ0n) is 78.1. The van der Waals surface area contributed by atoms with Crippen molar-refractivity contribution in [1.29, 1.82) is 0 Å². The van der Waals surface area contributed by atoms with E-state index >= 15 is 0 Å². The highest BCUT2D eigenvalue weighted by Gasteiger charge is 2.14. The van der Waals surface area contributed by atoms with Gasteiger partial charge in [0.15, 0.2) is 0 Å². The van der Waals surface area contributed by atoms with Gasteiger partial charge in [0.25, 0.3) is 0 Å². The second-order valence-electron chi connectivity index (χ2n) is 34.3. The second-order valence-corrected chi connectivity index (χ2v) is 40.7. The topological polar surface area (TPSA) is 0 Å². The third kappa shape index (κ3) is 28.7. The minimum atomic E-state index is 1.00. The van der Waals surface area contributed by atoms with Crippen LogP contribution in [0.2, 0.25) is 0 Å². The van der Waals surface area contributed by atoms with Crippen molar-refractivity contribution in [1.82, 2.24) is 0 Å². The Morgan fingerprint density at radius 1 is 0.149 bits per heavy atom. The summed E-state index contributed by atoms with van der Waals surface area (Å²) in [6, 6.07) is 141. The number of hydrogen-bond donors (Lipinski definition) is 0. The average molecular weight is 1960 g/mol. The maximum atomic E-state index is 2.80. The maximum absolute atomic E-state index is 2.80. The zero-order valence-corrected chi connectivity index (χ0v) is 92.0. The van der Waals surface area contributed by atoms with Gasteiger partial charge in [-0.25, -0.2) is 0 Å². The number of benzene rings is 18. The lowest BCUT2D eigenvalue weighted by atomic mass is 9.95. The van der Waals surface area contributed by atoms with Crippen LogP contribution in [0.15, 0.2) is 388 Å². The molecule has 0 aromatic heterocycles. The van der Waals surface area contributed by atoms with E-state index in [9.17, 15) is 0 Å². The SMILES string of the molecule is Cc1cc(-c2ccc(P)cc2)cc(-c2ccc(CP)c(C)c2)c1.Cc1cc(-c2ccc(P)cc2)cc(-c2ccc(CP)cc2)c1.Cc1cc(-c2cccc(-c3ccc(CP)cc3C)c2)ccc1P.Cc1cc(CP)ccc1-c1cccc(-c2ccc(P)cc2)c1.Cc1ccc(-c2ccc(CP)cc2)cc1-c1ccc(P)cc1.Cc1ccc(-c2ccc(P)cc2)cc1-c1ccc(CP)cc1. The van der Waals surface area contributed by atoms with Crippen molar-refractivity contribution in [3.63, 3.8) is 0 Å². The maximum Gasteiger partial charge on any atom is -0.0126 e. The molecule has 0 N–H and O–H groups in total. The third-order valence-electron chi connectivity index (χ3n) is 24.3. The Hall–Kier alpha value is -8.88. The Balaban J connectivity index is 0.000000136. The number of aryl methyl sites for hydroxylation is 8. The molecule has 18 aromatic carbocycles. The van der Waals surface area contributed by atoms with E-state index in [1.165, 1.54) is 243 Å². The standard InChI is InChI=1S/2C21H22P2.4C20H20P2/c1-14-9-19(16-5-7-21(23)8-6-16)12-20(10-14)17-3-4-18(13-22)15(2)11-17;1-14-10-16(13-22)6-8-20(14)19-5-3-4-17(12-19)18-7-9-21(23)15(2)11-18;1-14-2-5-18(16-8-10-19(22)11-9-16)12-20(14)17-6-3-15(13-21)4-7-17;1-14-2-5-18(16-6-3-15(13-21)4-7-16)12-20(14)17-8-10-19(22)11-9-17;1-14-10-18(16-4-2-15(13-21)3-5-16)12-19(11-14)17-6-8-20(22)9-7-17;1-14-11-15(13-21)5-10-20(14)18-4-2-3-17(12-18)16-6-8-19(22)9-7-16/h2*3-12H,13,22-23H2,1-2H3;4*2-12H,13,21-22H2,1H3. The summed E-state index contributed by atoms with van der Waals surface area (Å²) in [5, 5.41) is 7.32. The van der Waals surface area contributed by atoms with Crippen molar-refractivity contribution < 1.29 is 0 Å². The predicted molar refractivity (Wildman–Crippen MR) is 638 cm³/mol. The van der Waals surface area contributed by atoms with E-state index < -0.39 is 0 Å². The largest absolute Gasteiger partial charge is 0.133 e. The summed E-state index contributed by atoms with van der Waals surface area (Å²) in [6.07, 6.45) is 6.01. The van der Waals surface area contributed by atoms with Gasteiger partial charge in [-0.05, 0) is 372 Å². The summed E-state index contributed by atoms with van der Waals surface area (Å²) in [7, 11) is 33.2. The lowest BCUT2D eigenvalue weighted by molar-refractivity contribution is 1.31. The van der Waals surface area contributed by atoms with Gasteiger partial charge < -0.3 is 0 Å². The van der Waals surface area contributed by atoms with Crippen LogP contribution in [0.3, 0.4) is 0 Å². The normalized spacial score (nSPS) is 10.7. The number of hydrogen-bond acceptors (Lipinski definition) is 0. The molecule has 0 heterocycles. The summed E-state index contributed by atoms with van der Waals surface area (Å²) < 4.78 is 0. The molecule has 0 aliphatic carbocycles. The molecule has 18 aromatic rings. The monoisotopic (exact) mass is 1960 g/mol. The molecular weight excluding hydrogens is 1840 g/mol. The third-order valence-corrected chi connectivity index (χ3v) is 29.6. The Morgan fingerprint density at radius 3 is 0.724 bits per heavy atom. The molecule has 0 aliphatic rings. The minimum Gasteiger partial charge on any atom is -0.133 e. The summed E-state index contributed by atoms with van der Waals surface area (Å²) in [5.74, 6) is 0. The van der Waals surface area contributed by atoms with Crippen LogP contribution in [0.4, 0.5) is 0 Å². The highest BCUT2D eigenvalue weighted by atomic mass is 31.0. The van der Waals surface area contributed by atoms with Gasteiger partial charge in [0.05, 0.1) is 0 Å². The van der Waals surface area contributed by atoms with Gasteiger partial charge in [0.1, 0.15) is 0 Å². The molecular formula is C122H124P12. The van der Waals surface area contributed by atoms with Crippen LogP contribution in [0, 0.1) is 55.4 Å². The van der Waals surface area contributed by atoms with Crippen molar-refractivity contribution in [3.8, 4) is 134 Å². The first-order valence-corrected chi connectivity index (χ1v) is 53.8. The van der Waals surface area contributed by atoms with Gasteiger partial charge in [0.2, 0.25) is 0 Å². The molecule has 12 unspecified atom stereocenters. The van der Waals surface area contributed by atoms with Crippen molar-refractivity contribution in [2.45, 2.75) is 92.4 Å². The Kier molecular flexibility index (Phi) is 38.6. The van der Waals surface area contributed by atoms with E-state index in [0.29, 0.717) is 0 Å². The summed E-state index contributed by atoms with van der Waals surface area (Å²) in [4.78, 5) is 0. The van der Waals surface area contributed by atoms with E-state index in [1.807, 2.05) is 0 Å². The van der Waals surface area contributed by atoms with E-state index in [-0.39, 0.29) is 0 Å². The predicted octanol–water partition coefficient (Wildman–Crippen LogP) is 31.8. The molecule has 0 saturated heterocycles. The summed E-state index contributed by atoms with van der Waals surface area (Å²) >= 11 is 0. The molecule has 0 bridgehead atoms. The fourth-order valence-electron chi connectivity index (χ4n) is 16.4. The van der Waals surface area contributed by atoms with Crippen LogP contribution in [0.5, 0.6) is 0 Å². The van der Waals surface area contributed by atoms with Gasteiger partial charge in [-0.1, -0.05) is 352 Å². The molecule has 0 fully saturated rings. The quantitative estimate of drug-likeness (QED) is 0.0751. The van der Waals surface area contributed by atoms with Gasteiger partial charge in [-0.2, -0.15) is 0 Å². The summed E-state index contributed by atoms with van der Waals surface area (Å²) in [6.45, 7) is 17.4. The fraction of sp³-hybridized carbons (Fsp3) is 0.115. The first kappa shape index (κ1) is 103. The second kappa shape index (κ2) is 50.4. The van der Waals surface area contributed by atoms with Crippen LogP contribution < -0.4 is 31.8 Å². The molecule has 134 heavy (non-hydrogen) atoms. The summed E-state index contributed by atoms with van der Waals surface area (Å²) in [5.41, 5.74) is 49.3. The van der Waals surface area contributed by atoms with Crippen molar-refractivity contribution in [3.05, 3.63) is 466 Å². The molecule has 672 valence electrons. The van der Waals surface area contributed by atoms with Crippen LogP contribution in [0.1, 0.15) is 77.9 Å². The Morgan fingerprint density at radius 2 is 0.396 bits per heavy atom. The molecule has 0 radical (unpaired) electrons. The van der Waals surface area contributed by atoms with Gasteiger partial charge in [-0.15, -0.1) is 111 Å².